The zero-order valence-electron chi connectivity index (χ0n) is 11.0. The molecule has 0 saturated carbocycles. The van der Waals surface area contributed by atoms with E-state index in [1.807, 2.05) is 0 Å². The molecule has 1 aromatic heterocycles. The maximum absolute atomic E-state index is 4.38. The molecule has 18 heavy (non-hydrogen) atoms. The summed E-state index contributed by atoms with van der Waals surface area (Å²) >= 11 is 0. The maximum Gasteiger partial charge on any atom is 0.150 e. The second-order valence-electron chi connectivity index (χ2n) is 4.28. The lowest BCUT2D eigenvalue weighted by atomic mass is 10.1. The van der Waals surface area contributed by atoms with Crippen molar-refractivity contribution in [2.45, 2.75) is 33.1 Å². The smallest absolute Gasteiger partial charge is 0.150 e. The summed E-state index contributed by atoms with van der Waals surface area (Å²) < 4.78 is 0. The van der Waals surface area contributed by atoms with E-state index in [2.05, 4.69) is 58.6 Å². The van der Waals surface area contributed by atoms with Crippen LogP contribution in [0.5, 0.6) is 0 Å². The van der Waals surface area contributed by atoms with Gasteiger partial charge in [0.2, 0.25) is 0 Å². The number of aromatic nitrogens is 3. The van der Waals surface area contributed by atoms with Crippen LogP contribution >= 0.6 is 0 Å². The highest BCUT2D eigenvalue weighted by Crippen LogP contribution is 2.09. The molecule has 0 saturated heterocycles. The number of anilines is 1. The van der Waals surface area contributed by atoms with Gasteiger partial charge in [-0.1, -0.05) is 26.0 Å². The largest absolute Gasteiger partial charge is 0.385 e. The van der Waals surface area contributed by atoms with E-state index in [-0.39, 0.29) is 0 Å². The van der Waals surface area contributed by atoms with Crippen LogP contribution in [0.4, 0.5) is 5.69 Å². The SMILES string of the molecule is CCc1ccc(NCCc2nc(CC)n[nH]2)cc1. The van der Waals surface area contributed by atoms with E-state index < -0.39 is 0 Å². The van der Waals surface area contributed by atoms with Crippen molar-refractivity contribution >= 4 is 5.69 Å². The van der Waals surface area contributed by atoms with Crippen LogP contribution in [0.1, 0.15) is 31.1 Å². The lowest BCUT2D eigenvalue weighted by Gasteiger charge is -2.05. The minimum Gasteiger partial charge on any atom is -0.385 e. The van der Waals surface area contributed by atoms with Gasteiger partial charge in [0, 0.05) is 25.1 Å². The first-order chi connectivity index (χ1) is 8.81. The van der Waals surface area contributed by atoms with Gasteiger partial charge < -0.3 is 5.32 Å². The highest BCUT2D eigenvalue weighted by molar-refractivity contribution is 5.44. The van der Waals surface area contributed by atoms with Crippen molar-refractivity contribution in [1.82, 2.24) is 15.2 Å². The first kappa shape index (κ1) is 12.6. The average molecular weight is 244 g/mol. The van der Waals surface area contributed by atoms with Crippen molar-refractivity contribution in [2.24, 2.45) is 0 Å². The number of rotatable bonds is 6. The lowest BCUT2D eigenvalue weighted by molar-refractivity contribution is 0.901. The molecule has 0 amide bonds. The summed E-state index contributed by atoms with van der Waals surface area (Å²) in [6.07, 6.45) is 2.82. The Hall–Kier alpha value is -1.84. The molecule has 0 atom stereocenters. The maximum atomic E-state index is 4.38. The predicted molar refractivity (Wildman–Crippen MR) is 73.8 cm³/mol. The van der Waals surface area contributed by atoms with Crippen LogP contribution in [-0.4, -0.2) is 21.7 Å². The molecule has 2 N–H and O–H groups in total. The first-order valence-corrected chi connectivity index (χ1v) is 6.54. The van der Waals surface area contributed by atoms with Crippen molar-refractivity contribution in [3.8, 4) is 0 Å². The summed E-state index contributed by atoms with van der Waals surface area (Å²) in [4.78, 5) is 4.38. The molecule has 4 heteroatoms. The second-order valence-corrected chi connectivity index (χ2v) is 4.28. The standard InChI is InChI=1S/C14H20N4/c1-3-11-5-7-12(8-6-11)15-10-9-14-16-13(4-2)17-18-14/h5-8,15H,3-4,9-10H2,1-2H3,(H,16,17,18). The molecule has 0 bridgehead atoms. The molecular formula is C14H20N4. The summed E-state index contributed by atoms with van der Waals surface area (Å²) in [5.41, 5.74) is 2.52. The van der Waals surface area contributed by atoms with E-state index in [4.69, 9.17) is 0 Å². The molecule has 0 aliphatic carbocycles. The van der Waals surface area contributed by atoms with Crippen LogP contribution in [0.3, 0.4) is 0 Å². The fraction of sp³-hybridized carbons (Fsp3) is 0.429. The van der Waals surface area contributed by atoms with Crippen LogP contribution in [0, 0.1) is 0 Å². The highest BCUT2D eigenvalue weighted by Gasteiger charge is 2.00. The molecule has 0 unspecified atom stereocenters. The zero-order chi connectivity index (χ0) is 12.8. The van der Waals surface area contributed by atoms with Crippen LogP contribution in [0.2, 0.25) is 0 Å². The Labute approximate surface area is 108 Å². The van der Waals surface area contributed by atoms with Crippen molar-refractivity contribution in [1.29, 1.82) is 0 Å². The highest BCUT2D eigenvalue weighted by atomic mass is 15.2. The van der Waals surface area contributed by atoms with Crippen molar-refractivity contribution < 1.29 is 0 Å². The van der Waals surface area contributed by atoms with E-state index in [0.717, 1.165) is 43.1 Å². The Morgan fingerprint density at radius 2 is 1.89 bits per heavy atom. The fourth-order valence-corrected chi connectivity index (χ4v) is 1.79. The molecule has 2 rings (SSSR count). The second kappa shape index (κ2) is 6.19. The van der Waals surface area contributed by atoms with Gasteiger partial charge in [0.15, 0.2) is 0 Å². The number of nitrogens with zero attached hydrogens (tertiary/aromatic N) is 2. The molecule has 0 radical (unpaired) electrons. The Morgan fingerprint density at radius 1 is 1.11 bits per heavy atom. The molecule has 0 aliphatic heterocycles. The molecule has 0 fully saturated rings. The quantitative estimate of drug-likeness (QED) is 0.821. The van der Waals surface area contributed by atoms with Crippen molar-refractivity contribution in [3.63, 3.8) is 0 Å². The third-order valence-electron chi connectivity index (χ3n) is 2.95. The van der Waals surface area contributed by atoms with Gasteiger partial charge in [-0.05, 0) is 24.1 Å². The lowest BCUT2D eigenvalue weighted by Crippen LogP contribution is -2.06. The number of aromatic amines is 1. The molecular weight excluding hydrogens is 224 g/mol. The van der Waals surface area contributed by atoms with Gasteiger partial charge in [-0.3, -0.25) is 5.10 Å². The molecule has 0 aliphatic rings. The third kappa shape index (κ3) is 3.32. The first-order valence-electron chi connectivity index (χ1n) is 6.54. The molecule has 1 aromatic carbocycles. The molecule has 96 valence electrons. The normalized spacial score (nSPS) is 10.6. The van der Waals surface area contributed by atoms with Crippen LogP contribution in [0.25, 0.3) is 0 Å². The third-order valence-corrected chi connectivity index (χ3v) is 2.95. The monoisotopic (exact) mass is 244 g/mol. The van der Waals surface area contributed by atoms with E-state index >= 15 is 0 Å². The van der Waals surface area contributed by atoms with E-state index in [0.29, 0.717) is 0 Å². The fourth-order valence-electron chi connectivity index (χ4n) is 1.79. The summed E-state index contributed by atoms with van der Waals surface area (Å²) in [5, 5.41) is 10.5. The summed E-state index contributed by atoms with van der Waals surface area (Å²) in [6, 6.07) is 8.56. The van der Waals surface area contributed by atoms with Gasteiger partial charge in [-0.2, -0.15) is 5.10 Å². The van der Waals surface area contributed by atoms with E-state index in [1.54, 1.807) is 0 Å². The number of benzene rings is 1. The molecule has 1 heterocycles. The van der Waals surface area contributed by atoms with Gasteiger partial charge in [-0.15, -0.1) is 0 Å². The minimum absolute atomic E-state index is 0.864. The van der Waals surface area contributed by atoms with E-state index in [9.17, 15) is 0 Å². The topological polar surface area (TPSA) is 53.6 Å². The summed E-state index contributed by atoms with van der Waals surface area (Å²) in [7, 11) is 0. The van der Waals surface area contributed by atoms with Gasteiger partial charge >= 0.3 is 0 Å². The Kier molecular flexibility index (Phi) is 4.34. The number of aryl methyl sites for hydroxylation is 2. The van der Waals surface area contributed by atoms with Gasteiger partial charge in [-0.25, -0.2) is 4.98 Å². The number of hydrogen-bond acceptors (Lipinski definition) is 3. The molecule has 0 spiro atoms. The molecule has 4 nitrogen and oxygen atoms in total. The Balaban J connectivity index is 1.80. The minimum atomic E-state index is 0.864. The number of H-pyrrole nitrogens is 1. The van der Waals surface area contributed by atoms with Crippen molar-refractivity contribution in [3.05, 3.63) is 41.5 Å². The number of nitrogens with one attached hydrogen (secondary N) is 2. The predicted octanol–water partition coefficient (Wildman–Crippen LogP) is 2.58. The van der Waals surface area contributed by atoms with Crippen molar-refractivity contribution in [2.75, 3.05) is 11.9 Å². The van der Waals surface area contributed by atoms with Crippen LogP contribution in [0.15, 0.2) is 24.3 Å². The summed E-state index contributed by atoms with van der Waals surface area (Å²) in [5.74, 6) is 1.84. The molecule has 2 aromatic rings. The number of hydrogen-bond donors (Lipinski definition) is 2. The van der Waals surface area contributed by atoms with Gasteiger partial charge in [0.1, 0.15) is 11.6 Å². The Morgan fingerprint density at radius 3 is 2.50 bits per heavy atom. The van der Waals surface area contributed by atoms with E-state index in [1.165, 1.54) is 5.56 Å². The van der Waals surface area contributed by atoms with Crippen LogP contribution < -0.4 is 5.32 Å². The average Bonchev–Trinajstić information content (AvgIpc) is 2.87. The van der Waals surface area contributed by atoms with Crippen LogP contribution in [-0.2, 0) is 19.3 Å². The van der Waals surface area contributed by atoms with Gasteiger partial charge in [0.25, 0.3) is 0 Å². The van der Waals surface area contributed by atoms with Gasteiger partial charge in [0.05, 0.1) is 0 Å². The Bertz CT molecular complexity index is 473. The zero-order valence-corrected chi connectivity index (χ0v) is 11.0. The summed E-state index contributed by atoms with van der Waals surface area (Å²) in [6.45, 7) is 5.09.